The van der Waals surface area contributed by atoms with Gasteiger partial charge in [-0.1, -0.05) is 76.6 Å². The minimum atomic E-state index is -0.397. The van der Waals surface area contributed by atoms with Crippen molar-refractivity contribution >= 4 is 38.6 Å². The molecule has 0 aliphatic rings. The van der Waals surface area contributed by atoms with Crippen molar-refractivity contribution in [3.63, 3.8) is 0 Å². The monoisotopic (exact) mass is 479 g/mol. The van der Waals surface area contributed by atoms with E-state index >= 15 is 0 Å². The smallest absolute Gasteiger partial charge is 0.294 e. The number of thiazole rings is 1. The molecule has 3 aromatic carbocycles. The van der Waals surface area contributed by atoms with E-state index < -0.39 is 4.92 Å². The minimum absolute atomic E-state index is 0.00717. The summed E-state index contributed by atoms with van der Waals surface area (Å²) in [5.74, 6) is 0. The second kappa shape index (κ2) is 8.77. The lowest BCUT2D eigenvalue weighted by Crippen LogP contribution is -2.21. The first-order valence-electron chi connectivity index (χ1n) is 9.34. The van der Waals surface area contributed by atoms with Gasteiger partial charge in [0.1, 0.15) is 5.69 Å². The van der Waals surface area contributed by atoms with Crippen molar-refractivity contribution in [1.29, 1.82) is 0 Å². The van der Waals surface area contributed by atoms with Crippen LogP contribution in [0.5, 0.6) is 0 Å². The van der Waals surface area contributed by atoms with Crippen molar-refractivity contribution in [2.45, 2.75) is 13.0 Å². The molecule has 0 bridgehead atoms. The average Bonchev–Trinajstić information content (AvgIpc) is 3.17. The van der Waals surface area contributed by atoms with Gasteiger partial charge in [0.15, 0.2) is 4.80 Å². The lowest BCUT2D eigenvalue weighted by Gasteiger charge is -2.18. The largest absolute Gasteiger partial charge is 0.309 e. The fraction of sp³-hybridized carbons (Fsp3) is 0.0870. The molecule has 4 rings (SSSR count). The summed E-state index contributed by atoms with van der Waals surface area (Å²) < 4.78 is 3.12. The van der Waals surface area contributed by atoms with Gasteiger partial charge in [0.2, 0.25) is 0 Å². The molecule has 1 unspecified atom stereocenters. The van der Waals surface area contributed by atoms with Crippen LogP contribution in [0.2, 0.25) is 0 Å². The predicted molar refractivity (Wildman–Crippen MR) is 124 cm³/mol. The highest BCUT2D eigenvalue weighted by Gasteiger charge is 2.18. The van der Waals surface area contributed by atoms with E-state index in [1.54, 1.807) is 18.2 Å². The van der Waals surface area contributed by atoms with E-state index in [1.807, 2.05) is 41.8 Å². The van der Waals surface area contributed by atoms with Crippen LogP contribution in [0, 0.1) is 10.1 Å². The first-order chi connectivity index (χ1) is 14.6. The van der Waals surface area contributed by atoms with Gasteiger partial charge in [0.25, 0.3) is 5.69 Å². The number of nitro groups is 1. The van der Waals surface area contributed by atoms with E-state index in [-0.39, 0.29) is 11.7 Å². The highest BCUT2D eigenvalue weighted by atomic mass is 79.9. The fourth-order valence-corrected chi connectivity index (χ4v) is 4.81. The number of hydrogen-bond acceptors (Lipinski definition) is 4. The van der Waals surface area contributed by atoms with Gasteiger partial charge in [0, 0.05) is 21.5 Å². The van der Waals surface area contributed by atoms with Crippen LogP contribution in [0.25, 0.3) is 11.3 Å². The summed E-state index contributed by atoms with van der Waals surface area (Å²) in [4.78, 5) is 16.5. The molecule has 1 heterocycles. The first-order valence-corrected chi connectivity index (χ1v) is 11.0. The third-order valence-electron chi connectivity index (χ3n) is 4.86. The number of para-hydroxylation sites is 2. The molecule has 0 saturated heterocycles. The molecule has 0 amide bonds. The molecule has 1 aromatic heterocycles. The molecule has 0 radical (unpaired) electrons. The highest BCUT2D eigenvalue weighted by Crippen LogP contribution is 2.32. The van der Waals surface area contributed by atoms with Crippen molar-refractivity contribution in [3.8, 4) is 11.3 Å². The maximum absolute atomic E-state index is 11.5. The van der Waals surface area contributed by atoms with Crippen molar-refractivity contribution in [1.82, 2.24) is 4.57 Å². The summed E-state index contributed by atoms with van der Waals surface area (Å²) in [6.07, 6.45) is 0. The molecule has 0 saturated carbocycles. The third-order valence-corrected chi connectivity index (χ3v) is 6.39. The Labute approximate surface area is 186 Å². The number of halogens is 1. The van der Waals surface area contributed by atoms with Crippen LogP contribution in [0.4, 0.5) is 11.4 Å². The van der Waals surface area contributed by atoms with E-state index in [0.717, 1.165) is 21.3 Å². The Bertz CT molecular complexity index is 1260. The second-order valence-electron chi connectivity index (χ2n) is 6.70. The summed E-state index contributed by atoms with van der Waals surface area (Å²) in [6.45, 7) is 2.11. The van der Waals surface area contributed by atoms with E-state index in [0.29, 0.717) is 10.5 Å². The molecule has 0 N–H and O–H groups in total. The zero-order valence-corrected chi connectivity index (χ0v) is 18.5. The maximum atomic E-state index is 11.5. The first kappa shape index (κ1) is 20.3. The Hall–Kier alpha value is -3.03. The molecule has 0 spiro atoms. The van der Waals surface area contributed by atoms with Crippen LogP contribution < -0.4 is 4.80 Å². The van der Waals surface area contributed by atoms with Gasteiger partial charge in [-0.05, 0) is 24.6 Å². The number of nitro benzene ring substituents is 1. The zero-order valence-electron chi connectivity index (χ0n) is 16.1. The molecule has 30 heavy (non-hydrogen) atoms. The molecular formula is C23H18BrN3O2S. The number of benzene rings is 3. The minimum Gasteiger partial charge on any atom is -0.309 e. The topological polar surface area (TPSA) is 60.4 Å². The van der Waals surface area contributed by atoms with Gasteiger partial charge in [-0.25, -0.2) is 4.99 Å². The number of nitrogens with zero attached hydrogens (tertiary/aromatic N) is 3. The van der Waals surface area contributed by atoms with E-state index in [1.165, 1.54) is 17.4 Å². The van der Waals surface area contributed by atoms with Gasteiger partial charge >= 0.3 is 0 Å². The summed E-state index contributed by atoms with van der Waals surface area (Å²) in [6, 6.07) is 24.7. The van der Waals surface area contributed by atoms with Crippen LogP contribution in [-0.4, -0.2) is 9.49 Å². The number of hydrogen-bond donors (Lipinski definition) is 0. The molecule has 150 valence electrons. The summed E-state index contributed by atoms with van der Waals surface area (Å²) in [7, 11) is 0. The molecule has 1 atom stereocenters. The lowest BCUT2D eigenvalue weighted by molar-refractivity contribution is -0.384. The quantitative estimate of drug-likeness (QED) is 0.235. The van der Waals surface area contributed by atoms with Gasteiger partial charge in [-0.2, -0.15) is 0 Å². The predicted octanol–water partition coefficient (Wildman–Crippen LogP) is 6.73. The summed E-state index contributed by atoms with van der Waals surface area (Å²) in [5.41, 5.74) is 3.51. The van der Waals surface area contributed by atoms with Gasteiger partial charge in [-0.15, -0.1) is 11.3 Å². The maximum Gasteiger partial charge on any atom is 0.294 e. The zero-order chi connectivity index (χ0) is 21.1. The number of rotatable bonds is 5. The Morgan fingerprint density at radius 3 is 2.40 bits per heavy atom. The molecule has 0 fully saturated rings. The molecule has 0 aliphatic carbocycles. The van der Waals surface area contributed by atoms with Crippen molar-refractivity contribution in [3.05, 3.63) is 109 Å². The Kier molecular flexibility index (Phi) is 5.92. The van der Waals surface area contributed by atoms with Crippen LogP contribution in [0.3, 0.4) is 0 Å². The van der Waals surface area contributed by atoms with Crippen LogP contribution in [0.1, 0.15) is 18.5 Å². The van der Waals surface area contributed by atoms with Crippen LogP contribution >= 0.6 is 27.3 Å². The van der Waals surface area contributed by atoms with Crippen molar-refractivity contribution in [2.24, 2.45) is 4.99 Å². The van der Waals surface area contributed by atoms with Crippen molar-refractivity contribution < 1.29 is 4.92 Å². The van der Waals surface area contributed by atoms with Crippen LogP contribution in [-0.2, 0) is 0 Å². The Balaban J connectivity index is 1.97. The highest BCUT2D eigenvalue weighted by molar-refractivity contribution is 9.10. The molecule has 4 aromatic rings. The van der Waals surface area contributed by atoms with Crippen LogP contribution in [0.15, 0.2) is 93.7 Å². The second-order valence-corrected chi connectivity index (χ2v) is 8.39. The Morgan fingerprint density at radius 2 is 1.67 bits per heavy atom. The Morgan fingerprint density at radius 1 is 1.00 bits per heavy atom. The summed E-state index contributed by atoms with van der Waals surface area (Å²) >= 11 is 5.12. The van der Waals surface area contributed by atoms with E-state index in [4.69, 9.17) is 4.99 Å². The molecule has 7 heteroatoms. The molecule has 0 aliphatic heterocycles. The molecular weight excluding hydrogens is 462 g/mol. The standard InChI is InChI=1S/C23H18BrN3O2S/c1-16(17-9-3-2-4-10-17)26-22(18-11-5-6-12-19(18)24)15-30-23(26)25-20-13-7-8-14-21(20)27(28)29/h2-16H,1H3. The normalized spacial score (nSPS) is 12.7. The third kappa shape index (κ3) is 3.99. The fourth-order valence-electron chi connectivity index (χ4n) is 3.34. The SMILES string of the molecule is CC(c1ccccc1)n1c(-c2ccccc2Br)csc1=Nc1ccccc1[N+](=O)[O-]. The summed E-state index contributed by atoms with van der Waals surface area (Å²) in [5, 5.41) is 13.5. The van der Waals surface area contributed by atoms with Gasteiger partial charge < -0.3 is 4.57 Å². The van der Waals surface area contributed by atoms with E-state index in [2.05, 4.69) is 45.6 Å². The van der Waals surface area contributed by atoms with Gasteiger partial charge in [-0.3, -0.25) is 10.1 Å². The lowest BCUT2D eigenvalue weighted by atomic mass is 10.1. The van der Waals surface area contributed by atoms with Crippen molar-refractivity contribution in [2.75, 3.05) is 0 Å². The van der Waals surface area contributed by atoms with E-state index in [9.17, 15) is 10.1 Å². The average molecular weight is 480 g/mol. The molecule has 5 nitrogen and oxygen atoms in total. The van der Waals surface area contributed by atoms with Gasteiger partial charge in [0.05, 0.1) is 16.7 Å². The number of aromatic nitrogens is 1.